The highest BCUT2D eigenvalue weighted by atomic mass is 32.2. The van der Waals surface area contributed by atoms with Crippen LogP contribution in [-0.4, -0.2) is 59.5 Å². The highest BCUT2D eigenvalue weighted by molar-refractivity contribution is 7.91. The normalized spacial score (nSPS) is 16.9. The zero-order valence-corrected chi connectivity index (χ0v) is 13.7. The highest BCUT2D eigenvalue weighted by Gasteiger charge is 2.31. The molecule has 2 aromatic rings. The summed E-state index contributed by atoms with van der Waals surface area (Å²) in [5, 5.41) is 5.83. The molecule has 0 saturated carbocycles. The summed E-state index contributed by atoms with van der Waals surface area (Å²) in [7, 11) is -1.68. The van der Waals surface area contributed by atoms with Crippen molar-refractivity contribution in [2.75, 3.05) is 26.2 Å². The summed E-state index contributed by atoms with van der Waals surface area (Å²) in [5.74, 6) is -0.159. The minimum Gasteiger partial charge on any atom is -0.335 e. The molecule has 0 aliphatic carbocycles. The lowest BCUT2D eigenvalue weighted by Gasteiger charge is -2.33. The van der Waals surface area contributed by atoms with Crippen LogP contribution in [0.15, 0.2) is 34.0 Å². The average molecular weight is 340 g/mol. The van der Waals surface area contributed by atoms with Crippen LogP contribution < -0.4 is 0 Å². The van der Waals surface area contributed by atoms with Crippen molar-refractivity contribution in [2.45, 2.75) is 4.21 Å². The predicted octanol–water partition coefficient (Wildman–Crippen LogP) is 0.628. The summed E-state index contributed by atoms with van der Waals surface area (Å²) < 4.78 is 28.2. The fourth-order valence-electron chi connectivity index (χ4n) is 2.36. The lowest BCUT2D eigenvalue weighted by molar-refractivity contribution is 0.0691. The van der Waals surface area contributed by atoms with E-state index in [0.29, 0.717) is 36.1 Å². The maximum Gasteiger partial charge on any atom is 0.274 e. The number of piperazine rings is 1. The number of aromatic nitrogens is 2. The molecule has 0 unspecified atom stereocenters. The second-order valence-electron chi connectivity index (χ2n) is 5.00. The van der Waals surface area contributed by atoms with Gasteiger partial charge in [-0.15, -0.1) is 11.3 Å². The lowest BCUT2D eigenvalue weighted by atomic mass is 10.3. The van der Waals surface area contributed by atoms with Gasteiger partial charge in [-0.3, -0.25) is 9.48 Å². The van der Waals surface area contributed by atoms with Crippen LogP contribution in [0.1, 0.15) is 10.5 Å². The number of sulfonamides is 1. The predicted molar refractivity (Wildman–Crippen MR) is 82.2 cm³/mol. The first-order chi connectivity index (χ1) is 10.5. The number of hydrogen-bond donors (Lipinski definition) is 0. The third-order valence-electron chi connectivity index (χ3n) is 3.55. The highest BCUT2D eigenvalue weighted by Crippen LogP contribution is 2.22. The fourth-order valence-corrected chi connectivity index (χ4v) is 4.93. The Morgan fingerprint density at radius 3 is 2.50 bits per heavy atom. The summed E-state index contributed by atoms with van der Waals surface area (Å²) >= 11 is 1.21. The van der Waals surface area contributed by atoms with Gasteiger partial charge in [0, 0.05) is 39.4 Å². The van der Waals surface area contributed by atoms with Gasteiger partial charge >= 0.3 is 0 Å². The summed E-state index contributed by atoms with van der Waals surface area (Å²) in [6.07, 6.45) is 1.71. The largest absolute Gasteiger partial charge is 0.335 e. The summed E-state index contributed by atoms with van der Waals surface area (Å²) in [4.78, 5) is 13.9. The van der Waals surface area contributed by atoms with Crippen LogP contribution >= 0.6 is 11.3 Å². The molecule has 1 aliphatic heterocycles. The minimum absolute atomic E-state index is 0.159. The quantitative estimate of drug-likeness (QED) is 0.821. The number of rotatable bonds is 3. The number of carbonyl (C=O) groups excluding carboxylic acids is 1. The van der Waals surface area contributed by atoms with E-state index in [4.69, 9.17) is 0 Å². The van der Waals surface area contributed by atoms with E-state index < -0.39 is 10.0 Å². The molecule has 0 N–H and O–H groups in total. The molecule has 0 bridgehead atoms. The Kier molecular flexibility index (Phi) is 4.02. The van der Waals surface area contributed by atoms with Crippen LogP contribution in [0.25, 0.3) is 0 Å². The van der Waals surface area contributed by atoms with E-state index in [1.807, 2.05) is 0 Å². The van der Waals surface area contributed by atoms with Gasteiger partial charge in [0.1, 0.15) is 9.90 Å². The van der Waals surface area contributed by atoms with E-state index in [-0.39, 0.29) is 5.91 Å². The van der Waals surface area contributed by atoms with Gasteiger partial charge in [-0.25, -0.2) is 8.42 Å². The van der Waals surface area contributed by atoms with Gasteiger partial charge in [0.15, 0.2) is 0 Å². The average Bonchev–Trinajstić information content (AvgIpc) is 3.18. The zero-order valence-electron chi connectivity index (χ0n) is 12.0. The number of thiophene rings is 1. The van der Waals surface area contributed by atoms with Gasteiger partial charge in [0.25, 0.3) is 15.9 Å². The SMILES string of the molecule is Cn1ccc(C(=O)N2CCN(S(=O)(=O)c3cccs3)CC2)n1. The molecule has 1 amide bonds. The summed E-state index contributed by atoms with van der Waals surface area (Å²) in [6, 6.07) is 4.99. The molecule has 1 fully saturated rings. The lowest BCUT2D eigenvalue weighted by Crippen LogP contribution is -2.50. The Bertz CT molecular complexity index is 759. The standard InChI is InChI=1S/C13H16N4O3S2/c1-15-5-4-11(14-15)13(18)16-6-8-17(9-7-16)22(19,20)12-3-2-10-21-12/h2-5,10H,6-9H2,1H3. The second-order valence-corrected chi connectivity index (χ2v) is 8.12. The molecule has 0 radical (unpaired) electrons. The van der Waals surface area contributed by atoms with Gasteiger partial charge in [-0.05, 0) is 17.5 Å². The maximum absolute atomic E-state index is 12.4. The smallest absolute Gasteiger partial charge is 0.274 e. The Hall–Kier alpha value is -1.71. The van der Waals surface area contributed by atoms with Gasteiger partial charge < -0.3 is 4.90 Å². The number of hydrogen-bond acceptors (Lipinski definition) is 5. The molecule has 0 aromatic carbocycles. The molecule has 9 heteroatoms. The Balaban J connectivity index is 1.67. The molecule has 2 aromatic heterocycles. The van der Waals surface area contributed by atoms with Gasteiger partial charge in [0.05, 0.1) is 0 Å². The van der Waals surface area contributed by atoms with E-state index >= 15 is 0 Å². The number of aryl methyl sites for hydroxylation is 1. The molecule has 0 spiro atoms. The third kappa shape index (κ3) is 2.79. The molecule has 1 aliphatic rings. The Morgan fingerprint density at radius 1 is 1.23 bits per heavy atom. The first-order valence-corrected chi connectivity index (χ1v) is 9.13. The van der Waals surface area contributed by atoms with Crippen LogP contribution in [-0.2, 0) is 17.1 Å². The first-order valence-electron chi connectivity index (χ1n) is 6.81. The molecule has 0 atom stereocenters. The van der Waals surface area contributed by atoms with E-state index in [2.05, 4.69) is 5.10 Å². The monoisotopic (exact) mass is 340 g/mol. The van der Waals surface area contributed by atoms with Crippen LogP contribution in [0.3, 0.4) is 0 Å². The topological polar surface area (TPSA) is 75.5 Å². The molecule has 7 nitrogen and oxygen atoms in total. The number of nitrogens with zero attached hydrogens (tertiary/aromatic N) is 4. The molecule has 118 valence electrons. The van der Waals surface area contributed by atoms with Crippen molar-refractivity contribution in [3.05, 3.63) is 35.5 Å². The van der Waals surface area contributed by atoms with E-state index in [1.165, 1.54) is 15.6 Å². The summed E-state index contributed by atoms with van der Waals surface area (Å²) in [6.45, 7) is 1.36. The fraction of sp³-hybridized carbons (Fsp3) is 0.385. The Morgan fingerprint density at radius 2 is 1.95 bits per heavy atom. The van der Waals surface area contributed by atoms with Crippen molar-refractivity contribution >= 4 is 27.3 Å². The number of amides is 1. The van der Waals surface area contributed by atoms with Crippen molar-refractivity contribution in [3.8, 4) is 0 Å². The molecule has 22 heavy (non-hydrogen) atoms. The molecule has 1 saturated heterocycles. The summed E-state index contributed by atoms with van der Waals surface area (Å²) in [5.41, 5.74) is 0.386. The van der Waals surface area contributed by atoms with Gasteiger partial charge in [-0.1, -0.05) is 6.07 Å². The zero-order chi connectivity index (χ0) is 15.7. The number of carbonyl (C=O) groups is 1. The Labute approximate surface area is 132 Å². The van der Waals surface area contributed by atoms with Gasteiger partial charge in [0.2, 0.25) is 0 Å². The van der Waals surface area contributed by atoms with Crippen molar-refractivity contribution < 1.29 is 13.2 Å². The first kappa shape index (κ1) is 15.2. The van der Waals surface area contributed by atoms with Crippen molar-refractivity contribution in [1.82, 2.24) is 19.0 Å². The van der Waals surface area contributed by atoms with Crippen LogP contribution in [0.5, 0.6) is 0 Å². The maximum atomic E-state index is 12.4. The van der Waals surface area contributed by atoms with Crippen molar-refractivity contribution in [1.29, 1.82) is 0 Å². The molecule has 3 heterocycles. The van der Waals surface area contributed by atoms with E-state index in [1.54, 1.807) is 46.4 Å². The third-order valence-corrected chi connectivity index (χ3v) is 6.82. The molecule has 3 rings (SSSR count). The molecular weight excluding hydrogens is 324 g/mol. The van der Waals surface area contributed by atoms with Crippen molar-refractivity contribution in [3.63, 3.8) is 0 Å². The second kappa shape index (κ2) is 5.82. The van der Waals surface area contributed by atoms with Crippen LogP contribution in [0.4, 0.5) is 0 Å². The minimum atomic E-state index is -3.43. The van der Waals surface area contributed by atoms with Gasteiger partial charge in [-0.2, -0.15) is 9.40 Å². The van der Waals surface area contributed by atoms with Crippen LogP contribution in [0.2, 0.25) is 0 Å². The molecular formula is C13H16N4O3S2. The van der Waals surface area contributed by atoms with Crippen LogP contribution in [0, 0.1) is 0 Å². The van der Waals surface area contributed by atoms with E-state index in [9.17, 15) is 13.2 Å². The van der Waals surface area contributed by atoms with E-state index in [0.717, 1.165) is 0 Å². The van der Waals surface area contributed by atoms with Crippen molar-refractivity contribution in [2.24, 2.45) is 7.05 Å².